The van der Waals surface area contributed by atoms with E-state index < -0.39 is 0 Å². The molecule has 0 amide bonds. The molecule has 0 aliphatic carbocycles. The first-order chi connectivity index (χ1) is 9.86. The second-order valence-corrected chi connectivity index (χ2v) is 7.17. The van der Waals surface area contributed by atoms with Crippen molar-refractivity contribution in [1.82, 2.24) is 8.61 Å². The number of ether oxygens (including phenoxy) is 1. The lowest BCUT2D eigenvalue weighted by Crippen LogP contribution is -2.36. The zero-order valence-electron chi connectivity index (χ0n) is 11.6. The number of morpholine rings is 1. The summed E-state index contributed by atoms with van der Waals surface area (Å²) in [6, 6.07) is 11.5. The van der Waals surface area contributed by atoms with E-state index in [9.17, 15) is 0 Å². The van der Waals surface area contributed by atoms with Gasteiger partial charge in [-0.3, -0.25) is 0 Å². The summed E-state index contributed by atoms with van der Waals surface area (Å²) in [6.45, 7) is 4.94. The van der Waals surface area contributed by atoms with Crippen LogP contribution in [0.15, 0.2) is 30.3 Å². The topological polar surface area (TPSA) is 15.7 Å². The molecular formula is C15H21BrN2OS. The molecule has 3 nitrogen and oxygen atoms in total. The second kappa shape index (κ2) is 7.27. The molecular weight excluding hydrogens is 336 g/mol. The third kappa shape index (κ3) is 3.57. The summed E-state index contributed by atoms with van der Waals surface area (Å²) in [5.41, 5.74) is 1.48. The molecule has 1 aromatic carbocycles. The van der Waals surface area contributed by atoms with Crippen LogP contribution >= 0.6 is 28.1 Å². The first-order valence-electron chi connectivity index (χ1n) is 7.25. The summed E-state index contributed by atoms with van der Waals surface area (Å²) in [4.78, 5) is 0. The van der Waals surface area contributed by atoms with Gasteiger partial charge < -0.3 is 4.74 Å². The molecule has 0 N–H and O–H groups in total. The van der Waals surface area contributed by atoms with Gasteiger partial charge in [0.05, 0.1) is 13.2 Å². The van der Waals surface area contributed by atoms with Crippen molar-refractivity contribution in [1.29, 1.82) is 0 Å². The van der Waals surface area contributed by atoms with Crippen LogP contribution in [0.3, 0.4) is 0 Å². The van der Waals surface area contributed by atoms with Gasteiger partial charge in [0.2, 0.25) is 0 Å². The highest BCUT2D eigenvalue weighted by atomic mass is 79.9. The predicted molar refractivity (Wildman–Crippen MR) is 88.1 cm³/mol. The lowest BCUT2D eigenvalue weighted by atomic mass is 9.97. The van der Waals surface area contributed by atoms with Crippen LogP contribution in [0.2, 0.25) is 0 Å². The first kappa shape index (κ1) is 14.9. The maximum absolute atomic E-state index is 5.43. The fourth-order valence-electron chi connectivity index (χ4n) is 2.87. The fourth-order valence-corrected chi connectivity index (χ4v) is 4.83. The minimum Gasteiger partial charge on any atom is -0.379 e. The van der Waals surface area contributed by atoms with E-state index in [4.69, 9.17) is 4.74 Å². The summed E-state index contributed by atoms with van der Waals surface area (Å²) in [5, 5.41) is 1.05. The molecule has 2 saturated heterocycles. The van der Waals surface area contributed by atoms with Crippen molar-refractivity contribution in [2.45, 2.75) is 18.4 Å². The van der Waals surface area contributed by atoms with Gasteiger partial charge in [0.25, 0.3) is 0 Å². The maximum atomic E-state index is 5.43. The zero-order chi connectivity index (χ0) is 13.8. The van der Waals surface area contributed by atoms with Crippen molar-refractivity contribution in [3.05, 3.63) is 35.9 Å². The quantitative estimate of drug-likeness (QED) is 0.608. The summed E-state index contributed by atoms with van der Waals surface area (Å²) in [7, 11) is 0. The van der Waals surface area contributed by atoms with E-state index in [-0.39, 0.29) is 0 Å². The molecule has 2 heterocycles. The highest BCUT2D eigenvalue weighted by Crippen LogP contribution is 2.37. The van der Waals surface area contributed by atoms with Gasteiger partial charge in [-0.05, 0) is 17.9 Å². The Bertz CT molecular complexity index is 414. The SMILES string of the molecule is BrCC1CC(c2ccccc2)CN1SN1CCOCC1. The van der Waals surface area contributed by atoms with Gasteiger partial charge in [-0.15, -0.1) is 0 Å². The largest absolute Gasteiger partial charge is 0.379 e. The average molecular weight is 357 g/mol. The number of alkyl halides is 1. The summed E-state index contributed by atoms with van der Waals surface area (Å²) < 4.78 is 10.4. The molecule has 110 valence electrons. The van der Waals surface area contributed by atoms with E-state index in [1.54, 1.807) is 0 Å². The Labute approximate surface area is 134 Å². The number of nitrogens with zero attached hydrogens (tertiary/aromatic N) is 2. The van der Waals surface area contributed by atoms with Crippen molar-refractivity contribution in [2.75, 3.05) is 38.2 Å². The zero-order valence-corrected chi connectivity index (χ0v) is 14.0. The number of halogens is 1. The van der Waals surface area contributed by atoms with E-state index >= 15 is 0 Å². The lowest BCUT2D eigenvalue weighted by molar-refractivity contribution is 0.0757. The number of rotatable bonds is 4. The summed E-state index contributed by atoms with van der Waals surface area (Å²) in [5.74, 6) is 0.660. The third-order valence-corrected chi connectivity index (χ3v) is 6.00. The maximum Gasteiger partial charge on any atom is 0.0603 e. The molecule has 1 aromatic rings. The van der Waals surface area contributed by atoms with E-state index in [0.29, 0.717) is 12.0 Å². The molecule has 2 aliphatic rings. The smallest absolute Gasteiger partial charge is 0.0603 e. The molecule has 2 unspecified atom stereocenters. The first-order valence-corrected chi connectivity index (χ1v) is 9.10. The minimum absolute atomic E-state index is 0.619. The number of hydrogen-bond donors (Lipinski definition) is 0. The lowest BCUT2D eigenvalue weighted by Gasteiger charge is -2.31. The Kier molecular flexibility index (Phi) is 5.40. The van der Waals surface area contributed by atoms with Gasteiger partial charge in [-0.25, -0.2) is 8.61 Å². The Morgan fingerprint density at radius 1 is 1.20 bits per heavy atom. The Balaban J connectivity index is 1.62. The van der Waals surface area contributed by atoms with E-state index in [2.05, 4.69) is 54.9 Å². The summed E-state index contributed by atoms with van der Waals surface area (Å²) in [6.07, 6.45) is 1.24. The molecule has 5 heteroatoms. The molecule has 0 aromatic heterocycles. The van der Waals surface area contributed by atoms with Crippen LogP contribution in [-0.4, -0.2) is 52.8 Å². The second-order valence-electron chi connectivity index (χ2n) is 5.37. The molecule has 3 rings (SSSR count). The normalized spacial score (nSPS) is 28.9. The molecule has 20 heavy (non-hydrogen) atoms. The van der Waals surface area contributed by atoms with Crippen molar-refractivity contribution in [3.63, 3.8) is 0 Å². The molecule has 0 radical (unpaired) electrons. The molecule has 0 spiro atoms. The molecule has 2 fully saturated rings. The number of benzene rings is 1. The van der Waals surface area contributed by atoms with Crippen LogP contribution in [-0.2, 0) is 4.74 Å². The van der Waals surface area contributed by atoms with Crippen LogP contribution in [0, 0.1) is 0 Å². The van der Waals surface area contributed by atoms with Crippen LogP contribution in [0.1, 0.15) is 17.9 Å². The van der Waals surface area contributed by atoms with E-state index in [1.165, 1.54) is 12.0 Å². The van der Waals surface area contributed by atoms with Crippen LogP contribution < -0.4 is 0 Å². The van der Waals surface area contributed by atoms with Gasteiger partial charge in [0, 0.05) is 43.1 Å². The van der Waals surface area contributed by atoms with Gasteiger partial charge in [-0.2, -0.15) is 0 Å². The Morgan fingerprint density at radius 3 is 2.65 bits per heavy atom. The summed E-state index contributed by atoms with van der Waals surface area (Å²) >= 11 is 5.60. The molecule has 2 aliphatic heterocycles. The van der Waals surface area contributed by atoms with Crippen molar-refractivity contribution < 1.29 is 4.74 Å². The minimum atomic E-state index is 0.619. The van der Waals surface area contributed by atoms with Gasteiger partial charge in [-0.1, -0.05) is 46.3 Å². The fraction of sp³-hybridized carbons (Fsp3) is 0.600. The predicted octanol–water partition coefficient (Wildman–Crippen LogP) is 3.13. The van der Waals surface area contributed by atoms with Crippen molar-refractivity contribution in [3.8, 4) is 0 Å². The Morgan fingerprint density at radius 2 is 1.95 bits per heavy atom. The average Bonchev–Trinajstić information content (AvgIpc) is 2.92. The van der Waals surface area contributed by atoms with Gasteiger partial charge in [0.15, 0.2) is 0 Å². The van der Waals surface area contributed by atoms with Crippen LogP contribution in [0.25, 0.3) is 0 Å². The number of hydrogen-bond acceptors (Lipinski definition) is 4. The van der Waals surface area contributed by atoms with Crippen LogP contribution in [0.4, 0.5) is 0 Å². The molecule has 0 saturated carbocycles. The standard InChI is InChI=1S/C15H21BrN2OS/c16-11-15-10-14(13-4-2-1-3-5-13)12-18(15)20-17-6-8-19-9-7-17/h1-5,14-15H,6-12H2. The van der Waals surface area contributed by atoms with E-state index in [0.717, 1.165) is 38.2 Å². The van der Waals surface area contributed by atoms with Gasteiger partial charge in [0.1, 0.15) is 0 Å². The van der Waals surface area contributed by atoms with Crippen molar-refractivity contribution >= 4 is 28.1 Å². The molecule has 0 bridgehead atoms. The Hall–Kier alpha value is -0.0700. The highest BCUT2D eigenvalue weighted by Gasteiger charge is 2.34. The third-order valence-electron chi connectivity index (χ3n) is 4.00. The van der Waals surface area contributed by atoms with Crippen LogP contribution in [0.5, 0.6) is 0 Å². The highest BCUT2D eigenvalue weighted by molar-refractivity contribution is 9.09. The van der Waals surface area contributed by atoms with Gasteiger partial charge >= 0.3 is 0 Å². The van der Waals surface area contributed by atoms with E-state index in [1.807, 2.05) is 12.1 Å². The molecule has 2 atom stereocenters. The van der Waals surface area contributed by atoms with Crippen molar-refractivity contribution in [2.24, 2.45) is 0 Å². The monoisotopic (exact) mass is 356 g/mol.